The highest BCUT2D eigenvalue weighted by Gasteiger charge is 2.49. The van der Waals surface area contributed by atoms with Crippen molar-refractivity contribution < 1.29 is 28.9 Å². The Kier molecular flexibility index (Phi) is 10.5. The largest absolute Gasteiger partial charge is 0.493 e. The van der Waals surface area contributed by atoms with Crippen LogP contribution in [-0.2, 0) is 16.1 Å². The zero-order chi connectivity index (χ0) is 29.4. The number of amides is 2. The third kappa shape index (κ3) is 7.53. The summed E-state index contributed by atoms with van der Waals surface area (Å²) in [5.74, 6) is 1.11. The maximum absolute atomic E-state index is 13.9. The summed E-state index contributed by atoms with van der Waals surface area (Å²) in [5.41, 5.74) is 1.29. The van der Waals surface area contributed by atoms with Crippen LogP contribution in [0, 0.1) is 5.41 Å². The number of nitrogens with one attached hydrogen (secondary N) is 1. The van der Waals surface area contributed by atoms with Gasteiger partial charge in [-0.25, -0.2) is 4.79 Å². The summed E-state index contributed by atoms with van der Waals surface area (Å²) in [7, 11) is 1.64. The van der Waals surface area contributed by atoms with E-state index in [1.54, 1.807) is 18.9 Å². The van der Waals surface area contributed by atoms with Crippen molar-refractivity contribution in [3.8, 4) is 11.5 Å². The van der Waals surface area contributed by atoms with Crippen molar-refractivity contribution in [2.24, 2.45) is 5.41 Å². The van der Waals surface area contributed by atoms with Crippen molar-refractivity contribution >= 4 is 12.0 Å². The number of alkyl carbamates (subject to hydrolysis) is 1. The molecule has 41 heavy (non-hydrogen) atoms. The molecule has 1 aliphatic carbocycles. The number of benzene rings is 2. The van der Waals surface area contributed by atoms with Crippen molar-refractivity contribution in [1.29, 1.82) is 0 Å². The molecule has 0 aromatic heterocycles. The van der Waals surface area contributed by atoms with Crippen LogP contribution in [0.4, 0.5) is 4.79 Å². The molecule has 4 atom stereocenters. The van der Waals surface area contributed by atoms with Gasteiger partial charge in [-0.15, -0.1) is 0 Å². The summed E-state index contributed by atoms with van der Waals surface area (Å²) in [6.07, 6.45) is 5.51. The van der Waals surface area contributed by atoms with E-state index in [1.165, 1.54) is 12.8 Å². The normalized spacial score (nSPS) is 22.3. The van der Waals surface area contributed by atoms with Gasteiger partial charge < -0.3 is 29.5 Å². The van der Waals surface area contributed by atoms with Crippen LogP contribution < -0.4 is 14.8 Å². The number of rotatable bonds is 12. The minimum Gasteiger partial charge on any atom is -0.493 e. The number of unbranched alkanes of at least 4 members (excludes halogenated alkanes) is 1. The SMILES string of the molecule is CCCCC(NC(=O)OCc1ccccc1)C(=O)N1CC(c2ccc(OC)c(OC3CCCC3)c2)C(C)(C(C)O)C1. The van der Waals surface area contributed by atoms with Crippen molar-refractivity contribution in [1.82, 2.24) is 10.2 Å². The van der Waals surface area contributed by atoms with E-state index in [-0.39, 0.29) is 24.5 Å². The quantitative estimate of drug-likeness (QED) is 0.336. The van der Waals surface area contributed by atoms with Crippen molar-refractivity contribution in [3.05, 3.63) is 59.7 Å². The zero-order valence-electron chi connectivity index (χ0n) is 24.9. The van der Waals surface area contributed by atoms with Gasteiger partial charge in [-0.3, -0.25) is 4.79 Å². The molecule has 1 aliphatic heterocycles. The maximum atomic E-state index is 13.9. The number of likely N-dealkylation sites (tertiary alicyclic amines) is 1. The Morgan fingerprint density at radius 2 is 1.85 bits per heavy atom. The van der Waals surface area contributed by atoms with Crippen LogP contribution in [0.1, 0.15) is 82.8 Å². The lowest BCUT2D eigenvalue weighted by atomic mass is 9.72. The highest BCUT2D eigenvalue weighted by Crippen LogP contribution is 2.47. The van der Waals surface area contributed by atoms with Gasteiger partial charge in [-0.1, -0.05) is 63.1 Å². The smallest absolute Gasteiger partial charge is 0.408 e. The van der Waals surface area contributed by atoms with Crippen molar-refractivity contribution in [2.75, 3.05) is 20.2 Å². The highest BCUT2D eigenvalue weighted by molar-refractivity contribution is 5.86. The second kappa shape index (κ2) is 14.1. The molecule has 2 N–H and O–H groups in total. The molecule has 8 nitrogen and oxygen atoms in total. The lowest BCUT2D eigenvalue weighted by Gasteiger charge is -2.34. The Balaban J connectivity index is 1.51. The third-order valence-corrected chi connectivity index (χ3v) is 8.83. The maximum Gasteiger partial charge on any atom is 0.408 e. The summed E-state index contributed by atoms with van der Waals surface area (Å²) >= 11 is 0. The fourth-order valence-corrected chi connectivity index (χ4v) is 6.07. The first-order chi connectivity index (χ1) is 19.7. The lowest BCUT2D eigenvalue weighted by Crippen LogP contribution is -2.49. The summed E-state index contributed by atoms with van der Waals surface area (Å²) in [6.45, 7) is 6.81. The molecule has 8 heteroatoms. The van der Waals surface area contributed by atoms with Crippen molar-refractivity contribution in [2.45, 2.75) is 96.5 Å². The van der Waals surface area contributed by atoms with Gasteiger partial charge in [0.05, 0.1) is 19.3 Å². The van der Waals surface area contributed by atoms with E-state index in [0.717, 1.165) is 36.8 Å². The van der Waals surface area contributed by atoms with Crippen LogP contribution in [0.3, 0.4) is 0 Å². The van der Waals surface area contributed by atoms with Gasteiger partial charge in [0.1, 0.15) is 12.6 Å². The molecule has 1 heterocycles. The van der Waals surface area contributed by atoms with E-state index in [4.69, 9.17) is 14.2 Å². The molecule has 2 amide bonds. The van der Waals surface area contributed by atoms with Crippen LogP contribution in [0.25, 0.3) is 0 Å². The Hall–Kier alpha value is -3.26. The first-order valence-electron chi connectivity index (χ1n) is 15.0. The zero-order valence-corrected chi connectivity index (χ0v) is 24.9. The number of carbonyl (C=O) groups is 2. The predicted molar refractivity (Wildman–Crippen MR) is 158 cm³/mol. The Morgan fingerprint density at radius 3 is 2.51 bits per heavy atom. The van der Waals surface area contributed by atoms with Gasteiger partial charge in [0.2, 0.25) is 5.91 Å². The minimum absolute atomic E-state index is 0.125. The van der Waals surface area contributed by atoms with E-state index in [0.29, 0.717) is 31.0 Å². The number of methoxy groups -OCH3 is 1. The van der Waals surface area contributed by atoms with Gasteiger partial charge in [0, 0.05) is 24.4 Å². The van der Waals surface area contributed by atoms with Crippen LogP contribution >= 0.6 is 0 Å². The van der Waals surface area contributed by atoms with Crippen LogP contribution in [0.15, 0.2) is 48.5 Å². The van der Waals surface area contributed by atoms with Gasteiger partial charge in [0.25, 0.3) is 0 Å². The number of hydrogen-bond acceptors (Lipinski definition) is 6. The lowest BCUT2D eigenvalue weighted by molar-refractivity contribution is -0.133. The number of hydrogen-bond donors (Lipinski definition) is 2. The standard InChI is InChI=1S/C33H46N2O6/c1-5-6-16-28(34-32(38)40-21-24-12-8-7-9-13-24)31(37)35-20-27(33(3,22-35)23(2)36)25-17-18-29(39-4)30(19-25)41-26-14-10-11-15-26/h7-9,12-13,17-19,23,26-28,36H,5-6,10-11,14-16,20-22H2,1-4H3,(H,34,38). The van der Waals surface area contributed by atoms with E-state index in [9.17, 15) is 14.7 Å². The molecule has 0 radical (unpaired) electrons. The average molecular weight is 567 g/mol. The van der Waals surface area contributed by atoms with E-state index in [1.807, 2.05) is 55.5 Å². The molecule has 1 saturated carbocycles. The van der Waals surface area contributed by atoms with Crippen LogP contribution in [0.5, 0.6) is 11.5 Å². The summed E-state index contributed by atoms with van der Waals surface area (Å²) in [4.78, 5) is 28.4. The second-order valence-electron chi connectivity index (χ2n) is 11.8. The Bertz CT molecular complexity index is 1150. The highest BCUT2D eigenvalue weighted by atomic mass is 16.5. The Labute approximate surface area is 244 Å². The molecule has 4 rings (SSSR count). The first-order valence-corrected chi connectivity index (χ1v) is 15.0. The number of aliphatic hydroxyl groups excluding tert-OH is 1. The number of ether oxygens (including phenoxy) is 3. The molecule has 2 aliphatic rings. The van der Waals surface area contributed by atoms with E-state index < -0.39 is 23.7 Å². The average Bonchev–Trinajstić information content (AvgIpc) is 3.62. The summed E-state index contributed by atoms with van der Waals surface area (Å²) in [6, 6.07) is 14.7. The fourth-order valence-electron chi connectivity index (χ4n) is 6.07. The van der Waals surface area contributed by atoms with Crippen molar-refractivity contribution in [3.63, 3.8) is 0 Å². The molecule has 0 bridgehead atoms. The van der Waals surface area contributed by atoms with Gasteiger partial charge in [-0.2, -0.15) is 0 Å². The summed E-state index contributed by atoms with van der Waals surface area (Å²) < 4.78 is 17.4. The van der Waals surface area contributed by atoms with Gasteiger partial charge in [-0.05, 0) is 62.3 Å². The molecule has 0 spiro atoms. The molecule has 224 valence electrons. The van der Waals surface area contributed by atoms with E-state index in [2.05, 4.69) is 12.2 Å². The monoisotopic (exact) mass is 566 g/mol. The number of aliphatic hydroxyl groups is 1. The molecule has 2 aromatic rings. The molecule has 1 saturated heterocycles. The molecule has 4 unspecified atom stereocenters. The number of carbonyl (C=O) groups excluding carboxylic acids is 2. The molecular weight excluding hydrogens is 520 g/mol. The van der Waals surface area contributed by atoms with Crippen LogP contribution in [0.2, 0.25) is 0 Å². The second-order valence-corrected chi connectivity index (χ2v) is 11.8. The molecule has 2 aromatic carbocycles. The summed E-state index contributed by atoms with van der Waals surface area (Å²) in [5, 5.41) is 13.8. The topological polar surface area (TPSA) is 97.3 Å². The first kappa shape index (κ1) is 30.7. The molecular formula is C33H46N2O6. The van der Waals surface area contributed by atoms with Crippen LogP contribution in [-0.4, -0.2) is 60.5 Å². The predicted octanol–water partition coefficient (Wildman–Crippen LogP) is 5.81. The molecule has 2 fully saturated rings. The minimum atomic E-state index is -0.702. The Morgan fingerprint density at radius 1 is 1.12 bits per heavy atom. The van der Waals surface area contributed by atoms with Gasteiger partial charge >= 0.3 is 6.09 Å². The third-order valence-electron chi connectivity index (χ3n) is 8.83. The number of nitrogens with zero attached hydrogens (tertiary/aromatic N) is 1. The van der Waals surface area contributed by atoms with E-state index >= 15 is 0 Å². The fraction of sp³-hybridized carbons (Fsp3) is 0.576. The van der Waals surface area contributed by atoms with Gasteiger partial charge in [0.15, 0.2) is 11.5 Å².